The van der Waals surface area contributed by atoms with Gasteiger partial charge in [-0.1, -0.05) is 31.2 Å². The van der Waals surface area contributed by atoms with Crippen molar-refractivity contribution in [1.82, 2.24) is 15.1 Å². The molecule has 2 rings (SSSR count). The molecule has 0 bridgehead atoms. The summed E-state index contributed by atoms with van der Waals surface area (Å²) in [5.41, 5.74) is 7.82. The van der Waals surface area contributed by atoms with Crippen molar-refractivity contribution in [1.29, 1.82) is 0 Å². The van der Waals surface area contributed by atoms with Gasteiger partial charge >= 0.3 is 0 Å². The normalized spacial score (nSPS) is 16.1. The minimum Gasteiger partial charge on any atom is -0.335 e. The highest BCUT2D eigenvalue weighted by molar-refractivity contribution is 6.01. The molecule has 6 heteroatoms. The maximum atomic E-state index is 12.8. The van der Waals surface area contributed by atoms with E-state index in [1.54, 1.807) is 17.9 Å². The fourth-order valence-electron chi connectivity index (χ4n) is 2.49. The number of carbonyl (C=O) groups excluding carboxylic acids is 2. The van der Waals surface area contributed by atoms with E-state index >= 15 is 0 Å². The smallest absolute Gasteiger partial charge is 0.270 e. The van der Waals surface area contributed by atoms with Gasteiger partial charge in [0.1, 0.15) is 5.70 Å². The van der Waals surface area contributed by atoms with Crippen LogP contribution in [-0.4, -0.2) is 54.8 Å². The van der Waals surface area contributed by atoms with E-state index in [1.165, 1.54) is 0 Å². The maximum Gasteiger partial charge on any atom is 0.270 e. The second-order valence-electron chi connectivity index (χ2n) is 6.00. The molecule has 2 amide bonds. The van der Waals surface area contributed by atoms with Crippen molar-refractivity contribution >= 4 is 17.9 Å². The van der Waals surface area contributed by atoms with Crippen molar-refractivity contribution in [2.24, 2.45) is 5.73 Å². The first-order valence-electron chi connectivity index (χ1n) is 8.32. The Balaban J connectivity index is 2.20. The Hall–Kier alpha value is -2.18. The lowest BCUT2D eigenvalue weighted by molar-refractivity contribution is -0.130. The van der Waals surface area contributed by atoms with Crippen molar-refractivity contribution in [3.8, 4) is 0 Å². The standard InChI is InChI=1S/C18H26N4O2/c1-3-17(23)20-16(12-14-4-6-15(13-19)7-5-14)18(24)22-10-8-21(2)9-11-22/h4-7,12H,3,8-11,13,19H2,1-2H3,(H,20,23)/b16-12+. The van der Waals surface area contributed by atoms with Crippen molar-refractivity contribution < 1.29 is 9.59 Å². The summed E-state index contributed by atoms with van der Waals surface area (Å²) in [6, 6.07) is 7.64. The summed E-state index contributed by atoms with van der Waals surface area (Å²) in [5, 5.41) is 2.74. The molecular weight excluding hydrogens is 304 g/mol. The molecule has 3 N–H and O–H groups in total. The lowest BCUT2D eigenvalue weighted by Gasteiger charge is -2.33. The molecule has 0 atom stereocenters. The molecule has 1 aromatic carbocycles. The minimum absolute atomic E-state index is 0.132. The zero-order valence-electron chi connectivity index (χ0n) is 14.4. The van der Waals surface area contributed by atoms with Crippen molar-refractivity contribution in [2.45, 2.75) is 19.9 Å². The third-order valence-electron chi connectivity index (χ3n) is 4.14. The summed E-state index contributed by atoms with van der Waals surface area (Å²) in [6.07, 6.45) is 2.06. The molecule has 0 spiro atoms. The van der Waals surface area contributed by atoms with Gasteiger partial charge in [-0.25, -0.2) is 0 Å². The highest BCUT2D eigenvalue weighted by Gasteiger charge is 2.23. The van der Waals surface area contributed by atoms with Crippen LogP contribution in [0.1, 0.15) is 24.5 Å². The first kappa shape index (κ1) is 18.2. The van der Waals surface area contributed by atoms with E-state index in [9.17, 15) is 9.59 Å². The van der Waals surface area contributed by atoms with Gasteiger partial charge in [0, 0.05) is 39.1 Å². The van der Waals surface area contributed by atoms with E-state index in [4.69, 9.17) is 5.73 Å². The number of nitrogens with two attached hydrogens (primary N) is 1. The third kappa shape index (κ3) is 4.91. The average Bonchev–Trinajstić information content (AvgIpc) is 2.61. The van der Waals surface area contributed by atoms with Crippen LogP contribution in [0.5, 0.6) is 0 Å². The van der Waals surface area contributed by atoms with Crippen molar-refractivity contribution in [3.63, 3.8) is 0 Å². The lowest BCUT2D eigenvalue weighted by Crippen LogP contribution is -2.49. The topological polar surface area (TPSA) is 78.7 Å². The van der Waals surface area contributed by atoms with Crippen LogP contribution in [0.3, 0.4) is 0 Å². The zero-order valence-corrected chi connectivity index (χ0v) is 14.4. The number of nitrogens with zero attached hydrogens (tertiary/aromatic N) is 2. The number of benzene rings is 1. The predicted molar refractivity (Wildman–Crippen MR) is 94.8 cm³/mol. The summed E-state index contributed by atoms with van der Waals surface area (Å²) < 4.78 is 0. The number of amides is 2. The quantitative estimate of drug-likeness (QED) is 0.782. The zero-order chi connectivity index (χ0) is 17.5. The molecule has 1 aromatic rings. The Bertz CT molecular complexity index is 602. The SMILES string of the molecule is CCC(=O)N/C(=C/c1ccc(CN)cc1)C(=O)N1CCN(C)CC1. The number of piperazine rings is 1. The second kappa shape index (κ2) is 8.61. The van der Waals surface area contributed by atoms with E-state index < -0.39 is 0 Å². The Labute approximate surface area is 143 Å². The highest BCUT2D eigenvalue weighted by Crippen LogP contribution is 2.11. The van der Waals surface area contributed by atoms with Crippen LogP contribution >= 0.6 is 0 Å². The molecule has 1 heterocycles. The van der Waals surface area contributed by atoms with Gasteiger partial charge in [0.2, 0.25) is 5.91 Å². The van der Waals surface area contributed by atoms with Crippen LogP contribution < -0.4 is 11.1 Å². The van der Waals surface area contributed by atoms with Gasteiger partial charge in [0.25, 0.3) is 5.91 Å². The molecule has 6 nitrogen and oxygen atoms in total. The number of rotatable bonds is 5. The Morgan fingerprint density at radius 1 is 1.17 bits per heavy atom. The number of likely N-dealkylation sites (N-methyl/N-ethyl adjacent to an activating group) is 1. The van der Waals surface area contributed by atoms with E-state index in [2.05, 4.69) is 10.2 Å². The average molecular weight is 330 g/mol. The Kier molecular flexibility index (Phi) is 6.52. The molecule has 24 heavy (non-hydrogen) atoms. The summed E-state index contributed by atoms with van der Waals surface area (Å²) >= 11 is 0. The summed E-state index contributed by atoms with van der Waals surface area (Å²) in [4.78, 5) is 28.6. The largest absolute Gasteiger partial charge is 0.335 e. The molecule has 130 valence electrons. The molecule has 1 fully saturated rings. The molecule has 1 saturated heterocycles. The molecule has 0 aliphatic carbocycles. The summed E-state index contributed by atoms with van der Waals surface area (Å²) in [5.74, 6) is -0.296. The fraction of sp³-hybridized carbons (Fsp3) is 0.444. The van der Waals surface area contributed by atoms with Gasteiger partial charge < -0.3 is 20.9 Å². The Morgan fingerprint density at radius 3 is 2.33 bits per heavy atom. The summed E-state index contributed by atoms with van der Waals surface area (Å²) in [7, 11) is 2.04. The van der Waals surface area contributed by atoms with Crippen molar-refractivity contribution in [3.05, 3.63) is 41.1 Å². The van der Waals surface area contributed by atoms with Gasteiger partial charge in [0.15, 0.2) is 0 Å². The highest BCUT2D eigenvalue weighted by atomic mass is 16.2. The molecule has 0 saturated carbocycles. The molecule has 0 aromatic heterocycles. The Morgan fingerprint density at radius 2 is 1.79 bits per heavy atom. The fourth-order valence-corrected chi connectivity index (χ4v) is 2.49. The molecule has 1 aliphatic heterocycles. The van der Waals surface area contributed by atoms with E-state index in [0.29, 0.717) is 31.8 Å². The third-order valence-corrected chi connectivity index (χ3v) is 4.14. The van der Waals surface area contributed by atoms with Gasteiger partial charge in [0.05, 0.1) is 0 Å². The monoisotopic (exact) mass is 330 g/mol. The van der Waals surface area contributed by atoms with Crippen LogP contribution in [0.2, 0.25) is 0 Å². The van der Waals surface area contributed by atoms with Gasteiger partial charge in [-0.05, 0) is 24.3 Å². The number of hydrogen-bond donors (Lipinski definition) is 2. The maximum absolute atomic E-state index is 12.8. The first-order valence-corrected chi connectivity index (χ1v) is 8.32. The number of nitrogens with one attached hydrogen (secondary N) is 1. The first-order chi connectivity index (χ1) is 11.5. The number of hydrogen-bond acceptors (Lipinski definition) is 4. The van der Waals surface area contributed by atoms with E-state index in [-0.39, 0.29) is 11.8 Å². The van der Waals surface area contributed by atoms with Crippen LogP contribution in [0.4, 0.5) is 0 Å². The van der Waals surface area contributed by atoms with Gasteiger partial charge in [-0.15, -0.1) is 0 Å². The van der Waals surface area contributed by atoms with Crippen molar-refractivity contribution in [2.75, 3.05) is 33.2 Å². The van der Waals surface area contributed by atoms with E-state index in [0.717, 1.165) is 24.2 Å². The lowest BCUT2D eigenvalue weighted by atomic mass is 10.1. The second-order valence-corrected chi connectivity index (χ2v) is 6.00. The van der Waals surface area contributed by atoms with Crippen LogP contribution in [0.25, 0.3) is 6.08 Å². The number of carbonyl (C=O) groups is 2. The van der Waals surface area contributed by atoms with Gasteiger partial charge in [-0.2, -0.15) is 0 Å². The predicted octanol–water partition coefficient (Wildman–Crippen LogP) is 0.786. The van der Waals surface area contributed by atoms with Gasteiger partial charge in [-0.3, -0.25) is 9.59 Å². The molecule has 0 radical (unpaired) electrons. The minimum atomic E-state index is -0.165. The van der Waals surface area contributed by atoms with Crippen LogP contribution in [-0.2, 0) is 16.1 Å². The van der Waals surface area contributed by atoms with Crippen LogP contribution in [0, 0.1) is 0 Å². The molecule has 0 unspecified atom stereocenters. The van der Waals surface area contributed by atoms with E-state index in [1.807, 2.05) is 31.3 Å². The summed E-state index contributed by atoms with van der Waals surface area (Å²) in [6.45, 7) is 5.26. The molecular formula is C18H26N4O2. The molecule has 1 aliphatic rings. The van der Waals surface area contributed by atoms with Crippen LogP contribution in [0.15, 0.2) is 30.0 Å².